The van der Waals surface area contributed by atoms with E-state index in [1.54, 1.807) is 18.2 Å². The molecule has 0 aliphatic heterocycles. The molecular weight excluding hydrogens is 246 g/mol. The predicted octanol–water partition coefficient (Wildman–Crippen LogP) is 2.45. The normalized spacial score (nSPS) is 13.0. The van der Waals surface area contributed by atoms with Crippen LogP contribution in [-0.4, -0.2) is 22.7 Å². The van der Waals surface area contributed by atoms with E-state index in [0.29, 0.717) is 28.0 Å². The zero-order chi connectivity index (χ0) is 12.1. The van der Waals surface area contributed by atoms with Gasteiger partial charge in [0.2, 0.25) is 0 Å². The lowest BCUT2D eigenvalue weighted by atomic mass is 10.3. The van der Waals surface area contributed by atoms with Crippen LogP contribution in [0.15, 0.2) is 23.1 Å². The lowest BCUT2D eigenvalue weighted by molar-refractivity contribution is 0.0916. The van der Waals surface area contributed by atoms with Gasteiger partial charge in [0.15, 0.2) is 0 Å². The highest BCUT2D eigenvalue weighted by atomic mass is 35.5. The van der Waals surface area contributed by atoms with Crippen LogP contribution in [0.5, 0.6) is 0 Å². The molecule has 1 rings (SSSR count). The lowest BCUT2D eigenvalue weighted by Crippen LogP contribution is -2.11. The fourth-order valence-electron chi connectivity index (χ4n) is 1.17. The van der Waals surface area contributed by atoms with Crippen LogP contribution in [0.25, 0.3) is 0 Å². The molecule has 3 nitrogen and oxygen atoms in total. The number of benzene rings is 1. The molecule has 1 unspecified atom stereocenters. The van der Waals surface area contributed by atoms with Crippen molar-refractivity contribution in [1.29, 1.82) is 0 Å². The molecule has 2 N–H and O–H groups in total. The number of nitrogen functional groups attached to an aromatic ring is 1. The van der Waals surface area contributed by atoms with E-state index in [9.17, 15) is 4.21 Å². The highest BCUT2D eigenvalue weighted by Crippen LogP contribution is 2.22. The van der Waals surface area contributed by atoms with E-state index in [-0.39, 0.29) is 6.10 Å². The van der Waals surface area contributed by atoms with E-state index in [4.69, 9.17) is 22.1 Å². The molecule has 0 saturated carbocycles. The second kappa shape index (κ2) is 6.23. The van der Waals surface area contributed by atoms with Crippen LogP contribution >= 0.6 is 11.6 Å². The first kappa shape index (κ1) is 13.5. The first-order valence-electron chi connectivity index (χ1n) is 5.05. The van der Waals surface area contributed by atoms with E-state index in [1.807, 2.05) is 13.8 Å². The Kier molecular flexibility index (Phi) is 5.25. The van der Waals surface area contributed by atoms with Crippen molar-refractivity contribution in [3.05, 3.63) is 23.2 Å². The van der Waals surface area contributed by atoms with Gasteiger partial charge in [-0.1, -0.05) is 11.6 Å². The third kappa shape index (κ3) is 4.12. The third-order valence-electron chi connectivity index (χ3n) is 1.92. The maximum absolute atomic E-state index is 11.9. The molecule has 0 aromatic heterocycles. The van der Waals surface area contributed by atoms with E-state index >= 15 is 0 Å². The number of hydrogen-bond donors (Lipinski definition) is 1. The molecule has 0 heterocycles. The number of halogens is 1. The fraction of sp³-hybridized carbons (Fsp3) is 0.455. The standard InChI is InChI=1S/C11H16ClNO2S/c1-8(2)15-5-6-16(14)11-4-3-9(13)7-10(11)12/h3-4,7-8H,5-6,13H2,1-2H3. The van der Waals surface area contributed by atoms with Gasteiger partial charge in [-0.05, 0) is 32.0 Å². The monoisotopic (exact) mass is 261 g/mol. The van der Waals surface area contributed by atoms with Gasteiger partial charge < -0.3 is 10.5 Å². The topological polar surface area (TPSA) is 52.3 Å². The Morgan fingerprint density at radius 3 is 2.75 bits per heavy atom. The summed E-state index contributed by atoms with van der Waals surface area (Å²) < 4.78 is 17.2. The van der Waals surface area contributed by atoms with Crippen LogP contribution in [0.4, 0.5) is 5.69 Å². The molecule has 0 aliphatic rings. The molecule has 1 atom stereocenters. The van der Waals surface area contributed by atoms with Gasteiger partial charge in [-0.2, -0.15) is 0 Å². The number of ether oxygens (including phenoxy) is 1. The zero-order valence-corrected chi connectivity index (χ0v) is 11.0. The van der Waals surface area contributed by atoms with Crippen LogP contribution in [0.1, 0.15) is 13.8 Å². The maximum atomic E-state index is 11.9. The minimum Gasteiger partial charge on any atom is -0.399 e. The van der Waals surface area contributed by atoms with Gasteiger partial charge in [0.1, 0.15) is 0 Å². The van der Waals surface area contributed by atoms with Gasteiger partial charge in [0.25, 0.3) is 0 Å². The smallest absolute Gasteiger partial charge is 0.0588 e. The molecule has 16 heavy (non-hydrogen) atoms. The molecule has 0 saturated heterocycles. The van der Waals surface area contributed by atoms with Crippen LogP contribution in [-0.2, 0) is 15.5 Å². The molecule has 0 amide bonds. The second-order valence-corrected chi connectivity index (χ2v) is 5.61. The van der Waals surface area contributed by atoms with Crippen molar-refractivity contribution in [1.82, 2.24) is 0 Å². The Morgan fingerprint density at radius 1 is 1.50 bits per heavy atom. The van der Waals surface area contributed by atoms with Gasteiger partial charge in [0, 0.05) is 5.69 Å². The SMILES string of the molecule is CC(C)OCCS(=O)c1ccc(N)cc1Cl. The summed E-state index contributed by atoms with van der Waals surface area (Å²) >= 11 is 5.95. The molecular formula is C11H16ClNO2S. The van der Waals surface area contributed by atoms with Gasteiger partial charge in [-0.25, -0.2) is 0 Å². The van der Waals surface area contributed by atoms with Crippen molar-refractivity contribution in [2.75, 3.05) is 18.1 Å². The molecule has 90 valence electrons. The van der Waals surface area contributed by atoms with Crippen molar-refractivity contribution in [2.45, 2.75) is 24.8 Å². The Balaban J connectivity index is 2.59. The van der Waals surface area contributed by atoms with Crippen molar-refractivity contribution < 1.29 is 8.95 Å². The molecule has 0 spiro atoms. The first-order valence-corrected chi connectivity index (χ1v) is 6.75. The molecule has 5 heteroatoms. The number of hydrogen-bond acceptors (Lipinski definition) is 3. The molecule has 0 aliphatic carbocycles. The van der Waals surface area contributed by atoms with Crippen LogP contribution in [0.3, 0.4) is 0 Å². The van der Waals surface area contributed by atoms with Crippen molar-refractivity contribution in [3.8, 4) is 0 Å². The Bertz CT molecular complexity index is 382. The first-order chi connectivity index (χ1) is 7.50. The number of anilines is 1. The summed E-state index contributed by atoms with van der Waals surface area (Å²) in [6.07, 6.45) is 0.152. The average molecular weight is 262 g/mol. The highest BCUT2D eigenvalue weighted by molar-refractivity contribution is 7.85. The summed E-state index contributed by atoms with van der Waals surface area (Å²) in [7, 11) is -1.13. The maximum Gasteiger partial charge on any atom is 0.0588 e. The fourth-order valence-corrected chi connectivity index (χ4v) is 2.58. The van der Waals surface area contributed by atoms with Crippen molar-refractivity contribution >= 4 is 28.1 Å². The van der Waals surface area contributed by atoms with E-state index in [2.05, 4.69) is 0 Å². The highest BCUT2D eigenvalue weighted by Gasteiger charge is 2.09. The number of nitrogens with two attached hydrogens (primary N) is 1. The van der Waals surface area contributed by atoms with Gasteiger partial charge in [-0.3, -0.25) is 4.21 Å². The lowest BCUT2D eigenvalue weighted by Gasteiger charge is -2.08. The van der Waals surface area contributed by atoms with E-state index in [0.717, 1.165) is 0 Å². The van der Waals surface area contributed by atoms with Crippen molar-refractivity contribution in [2.24, 2.45) is 0 Å². The largest absolute Gasteiger partial charge is 0.399 e. The summed E-state index contributed by atoms with van der Waals surface area (Å²) in [5, 5.41) is 0.447. The minimum atomic E-state index is -1.13. The molecule has 0 radical (unpaired) electrons. The van der Waals surface area contributed by atoms with Crippen LogP contribution in [0, 0.1) is 0 Å². The summed E-state index contributed by atoms with van der Waals surface area (Å²) in [4.78, 5) is 0.614. The molecule has 1 aromatic rings. The molecule has 1 aromatic carbocycles. The van der Waals surface area contributed by atoms with Crippen LogP contribution in [0.2, 0.25) is 5.02 Å². The summed E-state index contributed by atoms with van der Waals surface area (Å²) in [5.41, 5.74) is 6.13. The Hall–Kier alpha value is -0.580. The Morgan fingerprint density at radius 2 is 2.19 bits per heavy atom. The molecule has 0 fully saturated rings. The van der Waals surface area contributed by atoms with Gasteiger partial charge >= 0.3 is 0 Å². The summed E-state index contributed by atoms with van der Waals surface area (Å²) in [6.45, 7) is 4.35. The molecule has 0 bridgehead atoms. The van der Waals surface area contributed by atoms with E-state index < -0.39 is 10.8 Å². The third-order valence-corrected chi connectivity index (χ3v) is 3.73. The Labute approximate surface area is 103 Å². The predicted molar refractivity (Wildman–Crippen MR) is 68.2 cm³/mol. The average Bonchev–Trinajstić information content (AvgIpc) is 2.16. The van der Waals surface area contributed by atoms with E-state index in [1.165, 1.54) is 0 Å². The van der Waals surface area contributed by atoms with Gasteiger partial charge in [0.05, 0.1) is 39.2 Å². The second-order valence-electron chi connectivity index (χ2n) is 3.66. The minimum absolute atomic E-state index is 0.152. The summed E-state index contributed by atoms with van der Waals surface area (Å²) in [5.74, 6) is 0.446. The number of rotatable bonds is 5. The zero-order valence-electron chi connectivity index (χ0n) is 9.40. The quantitative estimate of drug-likeness (QED) is 0.829. The van der Waals surface area contributed by atoms with Gasteiger partial charge in [-0.15, -0.1) is 0 Å². The summed E-state index contributed by atoms with van der Waals surface area (Å²) in [6, 6.07) is 5.00. The van der Waals surface area contributed by atoms with Crippen LogP contribution < -0.4 is 5.73 Å². The van der Waals surface area contributed by atoms with Crippen molar-refractivity contribution in [3.63, 3.8) is 0 Å².